The van der Waals surface area contributed by atoms with Gasteiger partial charge >= 0.3 is 70.4 Å². The van der Waals surface area contributed by atoms with Crippen LogP contribution in [0, 0.1) is 0 Å². The van der Waals surface area contributed by atoms with E-state index in [4.69, 9.17) is 49.4 Å². The van der Waals surface area contributed by atoms with Crippen molar-refractivity contribution in [3.63, 3.8) is 0 Å². The summed E-state index contributed by atoms with van der Waals surface area (Å²) in [6.07, 6.45) is 0. The summed E-state index contributed by atoms with van der Waals surface area (Å²) in [5, 5.41) is 9.32. The molecule has 8 bridgehead atoms. The Labute approximate surface area is 549 Å². The molecule has 0 aliphatic carbocycles. The standard InChI is InChI=1S/C72H58O12Si9/c1-11-35-61(36-12-1)85(62-37-13-2-14-38-62,63-39-15-3-16-40-63)71-55-31-33-59(57-71)60-34-32-56-72(58-60)93-82-90(68-49-25-8-26-50-68)76-87(65-43-19-5-20-44-65)73-86(64-41-17-4-18-42-64)74-88(78-90,66-45-21-6-22-46-66)80-92(84-93,70-53-29-10-30-54-70)81-89(75-86,67-47-23-7-24-48-67)79-91(77-87,83-93)69-51-27-9-28-52-69/h1-58H. The highest BCUT2D eigenvalue weighted by molar-refractivity contribution is 7.20. The van der Waals surface area contributed by atoms with Gasteiger partial charge in [-0.1, -0.05) is 346 Å². The highest BCUT2D eigenvalue weighted by Gasteiger charge is 2.86. The number of hydrogen-bond donors (Lipinski definition) is 0. The smallest absolute Gasteiger partial charge is 0.366 e. The molecule has 0 atom stereocenters. The fraction of sp³-hybridized carbons (Fsp3) is 0. The molecular formula is C72H58O12Si9. The maximum Gasteiger partial charge on any atom is 0.515 e. The molecule has 0 N–H and O–H groups in total. The molecule has 6 aliphatic rings. The average molecular weight is 1370 g/mol. The molecule has 0 amide bonds. The maximum atomic E-state index is 8.55. The van der Waals surface area contributed by atoms with Gasteiger partial charge in [0, 0.05) is 41.5 Å². The van der Waals surface area contributed by atoms with Crippen LogP contribution in [0.3, 0.4) is 0 Å². The zero-order chi connectivity index (χ0) is 62.1. The predicted octanol–water partition coefficient (Wildman–Crippen LogP) is 6.07. The minimum Gasteiger partial charge on any atom is -0.366 e. The van der Waals surface area contributed by atoms with Crippen LogP contribution in [0.4, 0.5) is 0 Å². The summed E-state index contributed by atoms with van der Waals surface area (Å²) in [6, 6.07) is 118. The van der Waals surface area contributed by atoms with Crippen LogP contribution >= 0.6 is 0 Å². The summed E-state index contributed by atoms with van der Waals surface area (Å²) in [4.78, 5) is 0. The largest absolute Gasteiger partial charge is 0.515 e. The van der Waals surface area contributed by atoms with E-state index in [-0.39, 0.29) is 0 Å². The van der Waals surface area contributed by atoms with Crippen molar-refractivity contribution in [3.05, 3.63) is 352 Å². The molecule has 12 aromatic carbocycles. The molecule has 0 radical (unpaired) electrons. The van der Waals surface area contributed by atoms with E-state index in [0.717, 1.165) is 11.1 Å². The molecule has 6 heterocycles. The lowest BCUT2D eigenvalue weighted by Crippen LogP contribution is -2.96. The Balaban J connectivity index is 0.995. The van der Waals surface area contributed by atoms with Crippen LogP contribution in [0.2, 0.25) is 0 Å². The molecule has 454 valence electrons. The minimum atomic E-state index is -5.10. The van der Waals surface area contributed by atoms with Gasteiger partial charge in [0.2, 0.25) is 0 Å². The zero-order valence-corrected chi connectivity index (χ0v) is 58.9. The monoisotopic (exact) mass is 1370 g/mol. The van der Waals surface area contributed by atoms with E-state index in [1.54, 1.807) is 0 Å². The first-order valence-electron chi connectivity index (χ1n) is 30.9. The van der Waals surface area contributed by atoms with E-state index in [0.29, 0.717) is 41.5 Å². The van der Waals surface area contributed by atoms with Crippen LogP contribution in [0.5, 0.6) is 0 Å². The van der Waals surface area contributed by atoms with Crippen LogP contribution in [0.15, 0.2) is 352 Å². The molecule has 18 rings (SSSR count). The van der Waals surface area contributed by atoms with Crippen LogP contribution in [-0.4, -0.2) is 78.5 Å². The fourth-order valence-electron chi connectivity index (χ4n) is 13.4. The molecule has 0 spiro atoms. The third-order valence-corrected chi connectivity index (χ3v) is 56.5. The van der Waals surface area contributed by atoms with E-state index >= 15 is 0 Å². The average Bonchev–Trinajstić information content (AvgIpc) is 0.667. The summed E-state index contributed by atoms with van der Waals surface area (Å²) in [7, 11) is -42.6. The zero-order valence-electron chi connectivity index (χ0n) is 49.9. The van der Waals surface area contributed by atoms with Gasteiger partial charge in [-0.2, -0.15) is 0 Å². The molecule has 12 aromatic rings. The van der Waals surface area contributed by atoms with E-state index in [1.165, 1.54) is 20.7 Å². The van der Waals surface area contributed by atoms with Gasteiger partial charge in [-0.25, -0.2) is 0 Å². The summed E-state index contributed by atoms with van der Waals surface area (Å²) < 4.78 is 101. The van der Waals surface area contributed by atoms with Gasteiger partial charge in [-0.15, -0.1) is 0 Å². The predicted molar refractivity (Wildman–Crippen MR) is 377 cm³/mol. The topological polar surface area (TPSA) is 111 Å². The van der Waals surface area contributed by atoms with Gasteiger partial charge in [0.15, 0.2) is 8.07 Å². The van der Waals surface area contributed by atoms with E-state index < -0.39 is 78.5 Å². The molecule has 0 saturated carbocycles. The Morgan fingerprint density at radius 2 is 0.323 bits per heavy atom. The fourth-order valence-corrected chi connectivity index (χ4v) is 64.3. The maximum absolute atomic E-state index is 8.55. The van der Waals surface area contributed by atoms with E-state index in [9.17, 15) is 0 Å². The first-order chi connectivity index (χ1) is 45.7. The lowest BCUT2D eigenvalue weighted by Gasteiger charge is -2.62. The molecule has 0 aromatic heterocycles. The molecule has 0 unspecified atom stereocenters. The van der Waals surface area contributed by atoms with Gasteiger partial charge < -0.3 is 49.4 Å². The number of rotatable bonds is 13. The van der Waals surface area contributed by atoms with Gasteiger partial charge in [0.25, 0.3) is 0 Å². The van der Waals surface area contributed by atoms with Gasteiger partial charge in [0.1, 0.15) is 0 Å². The van der Waals surface area contributed by atoms with Crippen LogP contribution in [-0.2, 0) is 49.4 Å². The highest BCUT2D eigenvalue weighted by atomic mass is 28.6. The summed E-state index contributed by atoms with van der Waals surface area (Å²) >= 11 is 0. The number of hydrogen-bond acceptors (Lipinski definition) is 12. The Morgan fingerprint density at radius 1 is 0.151 bits per heavy atom. The highest BCUT2D eigenvalue weighted by Crippen LogP contribution is 2.49. The van der Waals surface area contributed by atoms with Crippen molar-refractivity contribution in [1.82, 2.24) is 0 Å². The van der Waals surface area contributed by atoms with Crippen LogP contribution in [0.1, 0.15) is 0 Å². The Morgan fingerprint density at radius 3 is 0.559 bits per heavy atom. The third-order valence-electron chi connectivity index (χ3n) is 17.6. The van der Waals surface area contributed by atoms with Gasteiger partial charge in [-0.05, 0) is 37.9 Å². The van der Waals surface area contributed by atoms with Gasteiger partial charge in [-0.3, -0.25) is 0 Å². The number of benzene rings is 12. The van der Waals surface area contributed by atoms with Crippen LogP contribution in [0.25, 0.3) is 11.1 Å². The summed E-state index contributed by atoms with van der Waals surface area (Å²) in [5.41, 5.74) is 1.80. The minimum absolute atomic E-state index is 0.532. The summed E-state index contributed by atoms with van der Waals surface area (Å²) in [5.74, 6) is 0. The lowest BCUT2D eigenvalue weighted by molar-refractivity contribution is -0.00298. The molecule has 93 heavy (non-hydrogen) atoms. The first-order valence-corrected chi connectivity index (χ1v) is 46.7. The second kappa shape index (κ2) is 23.2. The second-order valence-electron chi connectivity index (χ2n) is 23.2. The Kier molecular flexibility index (Phi) is 14.7. The lowest BCUT2D eigenvalue weighted by atomic mass is 10.1. The van der Waals surface area contributed by atoms with Crippen molar-refractivity contribution in [2.45, 2.75) is 0 Å². The first kappa shape index (κ1) is 58.9. The van der Waals surface area contributed by atoms with Crippen molar-refractivity contribution < 1.29 is 49.4 Å². The molecule has 6 aliphatic heterocycles. The quantitative estimate of drug-likeness (QED) is 0.0989. The summed E-state index contributed by atoms with van der Waals surface area (Å²) in [6.45, 7) is 0. The third kappa shape index (κ3) is 9.84. The van der Waals surface area contributed by atoms with E-state index in [2.05, 4.69) is 127 Å². The molecular weight excluding hydrogens is 1310 g/mol. The molecule has 6 fully saturated rings. The second-order valence-corrected chi connectivity index (χ2v) is 50.4. The van der Waals surface area contributed by atoms with Crippen molar-refractivity contribution >= 4 is 141 Å². The van der Waals surface area contributed by atoms with Crippen molar-refractivity contribution in [3.8, 4) is 11.1 Å². The molecule has 6 saturated heterocycles. The molecule has 12 nitrogen and oxygen atoms in total. The Hall–Kier alpha value is -7.89. The van der Waals surface area contributed by atoms with E-state index in [1.807, 2.05) is 224 Å². The van der Waals surface area contributed by atoms with Crippen molar-refractivity contribution in [2.24, 2.45) is 0 Å². The van der Waals surface area contributed by atoms with Crippen molar-refractivity contribution in [2.75, 3.05) is 0 Å². The Bertz CT molecular complexity index is 4250. The SMILES string of the molecule is c1ccc([Si]23O[Si]4(c5ccccc5)O[Si]5(c6ccccc6)O[Si](c6ccccc6)(O2)O[Si]2(c6ccccc6)O[Si](c6ccccc6)(O3)O[Si](c3ccccc3)(O4)O[Si](c3cccc(-c4cccc([Si](c6ccccc6)(c6ccccc6)c6ccccc6)c4)c3)(O5)O2)cc1. The van der Waals surface area contributed by atoms with Crippen LogP contribution < -0.4 is 62.2 Å². The normalized spacial score (nSPS) is 27.8. The molecule has 21 heteroatoms. The van der Waals surface area contributed by atoms with Crippen molar-refractivity contribution in [1.29, 1.82) is 0 Å². The van der Waals surface area contributed by atoms with Gasteiger partial charge in [0.05, 0.1) is 0 Å².